The summed E-state index contributed by atoms with van der Waals surface area (Å²) in [6, 6.07) is 5.42. The molecule has 0 radical (unpaired) electrons. The summed E-state index contributed by atoms with van der Waals surface area (Å²) in [5, 5.41) is 3.28. The number of benzene rings is 1. The van der Waals surface area contributed by atoms with Gasteiger partial charge >= 0.3 is 5.97 Å². The summed E-state index contributed by atoms with van der Waals surface area (Å²) in [6.45, 7) is 2.61. The lowest BCUT2D eigenvalue weighted by atomic mass is 10.1. The number of esters is 1. The molecule has 0 spiro atoms. The Labute approximate surface area is 105 Å². The fraction of sp³-hybridized carbons (Fsp3) is 0.231. The second-order valence-corrected chi connectivity index (χ2v) is 3.95. The molecule has 1 aromatic carbocycles. The van der Waals surface area contributed by atoms with Crippen LogP contribution in [0.15, 0.2) is 30.7 Å². The molecule has 0 aliphatic heterocycles. The Balaban J connectivity index is 2.08. The van der Waals surface area contributed by atoms with E-state index in [1.807, 2.05) is 13.0 Å². The third kappa shape index (κ3) is 2.68. The number of rotatable bonds is 4. The molecule has 2 rings (SSSR count). The van der Waals surface area contributed by atoms with Gasteiger partial charge in [0.2, 0.25) is 0 Å². The van der Waals surface area contributed by atoms with Crippen molar-refractivity contribution in [2.24, 2.45) is 0 Å². The van der Waals surface area contributed by atoms with Crippen molar-refractivity contribution in [3.63, 3.8) is 0 Å². The van der Waals surface area contributed by atoms with Gasteiger partial charge in [-0.1, -0.05) is 0 Å². The number of imidazole rings is 1. The van der Waals surface area contributed by atoms with Gasteiger partial charge in [-0.2, -0.15) is 0 Å². The molecule has 0 saturated carbocycles. The molecule has 5 heteroatoms. The normalized spacial score (nSPS) is 10.1. The molecule has 0 aliphatic carbocycles. The van der Waals surface area contributed by atoms with Crippen molar-refractivity contribution in [3.05, 3.63) is 47.5 Å². The van der Waals surface area contributed by atoms with Crippen LogP contribution in [0.2, 0.25) is 0 Å². The SMILES string of the molecule is COC(=O)c1ccc(NCc2cnc[nH]2)c(C)c1. The Morgan fingerprint density at radius 1 is 1.50 bits per heavy atom. The number of anilines is 1. The largest absolute Gasteiger partial charge is 0.465 e. The van der Waals surface area contributed by atoms with Crippen LogP contribution in [0, 0.1) is 6.92 Å². The number of aryl methyl sites for hydroxylation is 1. The number of hydrogen-bond acceptors (Lipinski definition) is 4. The molecule has 2 N–H and O–H groups in total. The third-order valence-corrected chi connectivity index (χ3v) is 2.67. The quantitative estimate of drug-likeness (QED) is 0.810. The second-order valence-electron chi connectivity index (χ2n) is 3.95. The van der Waals surface area contributed by atoms with Gasteiger partial charge in [0.05, 0.1) is 31.2 Å². The number of aromatic amines is 1. The molecule has 0 amide bonds. The van der Waals surface area contributed by atoms with E-state index in [1.165, 1.54) is 7.11 Å². The fourth-order valence-corrected chi connectivity index (χ4v) is 1.68. The standard InChI is InChI=1S/C13H15N3O2/c1-9-5-10(13(17)18-2)3-4-12(9)15-7-11-6-14-8-16-11/h3-6,8,15H,7H2,1-2H3,(H,14,16). The number of methoxy groups -OCH3 is 1. The molecule has 18 heavy (non-hydrogen) atoms. The zero-order valence-electron chi connectivity index (χ0n) is 10.4. The number of nitrogens with one attached hydrogen (secondary N) is 2. The molecule has 1 heterocycles. The highest BCUT2D eigenvalue weighted by Crippen LogP contribution is 2.17. The van der Waals surface area contributed by atoms with Gasteiger partial charge in [-0.25, -0.2) is 9.78 Å². The highest BCUT2D eigenvalue weighted by Gasteiger charge is 2.07. The number of H-pyrrole nitrogens is 1. The first-order chi connectivity index (χ1) is 8.70. The summed E-state index contributed by atoms with van der Waals surface area (Å²) >= 11 is 0. The minimum absolute atomic E-state index is 0.321. The van der Waals surface area contributed by atoms with Crippen LogP contribution >= 0.6 is 0 Å². The number of ether oxygens (including phenoxy) is 1. The van der Waals surface area contributed by atoms with Crippen molar-refractivity contribution in [2.45, 2.75) is 13.5 Å². The van der Waals surface area contributed by atoms with Crippen molar-refractivity contribution in [2.75, 3.05) is 12.4 Å². The van der Waals surface area contributed by atoms with E-state index in [1.54, 1.807) is 24.7 Å². The van der Waals surface area contributed by atoms with Crippen LogP contribution in [-0.2, 0) is 11.3 Å². The lowest BCUT2D eigenvalue weighted by Gasteiger charge is -2.09. The zero-order valence-corrected chi connectivity index (χ0v) is 10.4. The molecule has 0 unspecified atom stereocenters. The van der Waals surface area contributed by atoms with Crippen LogP contribution < -0.4 is 5.32 Å². The Hall–Kier alpha value is -2.30. The summed E-state index contributed by atoms with van der Waals surface area (Å²) in [5.74, 6) is -0.321. The molecule has 0 saturated heterocycles. The number of nitrogens with zero attached hydrogens (tertiary/aromatic N) is 1. The van der Waals surface area contributed by atoms with E-state index in [-0.39, 0.29) is 5.97 Å². The topological polar surface area (TPSA) is 67.0 Å². The highest BCUT2D eigenvalue weighted by molar-refractivity contribution is 5.90. The van der Waals surface area contributed by atoms with E-state index in [0.29, 0.717) is 12.1 Å². The smallest absolute Gasteiger partial charge is 0.337 e. The summed E-state index contributed by atoms with van der Waals surface area (Å²) < 4.78 is 4.68. The van der Waals surface area contributed by atoms with Gasteiger partial charge in [-0.05, 0) is 30.7 Å². The monoisotopic (exact) mass is 245 g/mol. The zero-order chi connectivity index (χ0) is 13.0. The third-order valence-electron chi connectivity index (χ3n) is 2.67. The maximum absolute atomic E-state index is 11.4. The molecule has 0 bridgehead atoms. The molecule has 0 aliphatic rings. The van der Waals surface area contributed by atoms with Crippen molar-refractivity contribution in [3.8, 4) is 0 Å². The molecule has 0 atom stereocenters. The summed E-state index contributed by atoms with van der Waals surface area (Å²) in [4.78, 5) is 18.3. The predicted molar refractivity (Wildman–Crippen MR) is 68.4 cm³/mol. The van der Waals surface area contributed by atoms with Gasteiger partial charge in [-0.3, -0.25) is 0 Å². The number of carbonyl (C=O) groups excluding carboxylic acids is 1. The van der Waals surface area contributed by atoms with Crippen LogP contribution in [0.4, 0.5) is 5.69 Å². The number of aromatic nitrogens is 2. The van der Waals surface area contributed by atoms with Crippen LogP contribution in [0.1, 0.15) is 21.6 Å². The van der Waals surface area contributed by atoms with Gasteiger partial charge in [0.25, 0.3) is 0 Å². The Kier molecular flexibility index (Phi) is 3.62. The number of hydrogen-bond donors (Lipinski definition) is 2. The predicted octanol–water partition coefficient (Wildman–Crippen LogP) is 2.12. The fourth-order valence-electron chi connectivity index (χ4n) is 1.68. The average molecular weight is 245 g/mol. The lowest BCUT2D eigenvalue weighted by Crippen LogP contribution is -2.04. The first kappa shape index (κ1) is 12.2. The van der Waals surface area contributed by atoms with Crippen molar-refractivity contribution in [1.82, 2.24) is 9.97 Å². The van der Waals surface area contributed by atoms with E-state index < -0.39 is 0 Å². The molecule has 94 valence electrons. The minimum atomic E-state index is -0.321. The minimum Gasteiger partial charge on any atom is -0.465 e. The molecule has 0 fully saturated rings. The van der Waals surface area contributed by atoms with Gasteiger partial charge in [0, 0.05) is 11.9 Å². The first-order valence-corrected chi connectivity index (χ1v) is 5.61. The van der Waals surface area contributed by atoms with E-state index in [9.17, 15) is 4.79 Å². The molecule has 5 nitrogen and oxygen atoms in total. The maximum atomic E-state index is 11.4. The molecule has 1 aromatic heterocycles. The van der Waals surface area contributed by atoms with E-state index >= 15 is 0 Å². The van der Waals surface area contributed by atoms with E-state index in [2.05, 4.69) is 20.0 Å². The van der Waals surface area contributed by atoms with Crippen LogP contribution in [0.3, 0.4) is 0 Å². The molecular formula is C13H15N3O2. The Morgan fingerprint density at radius 2 is 2.33 bits per heavy atom. The maximum Gasteiger partial charge on any atom is 0.337 e. The summed E-state index contributed by atoms with van der Waals surface area (Å²) in [7, 11) is 1.38. The van der Waals surface area contributed by atoms with Crippen molar-refractivity contribution >= 4 is 11.7 Å². The van der Waals surface area contributed by atoms with E-state index in [0.717, 1.165) is 16.9 Å². The van der Waals surface area contributed by atoms with Gasteiger partial charge in [0.1, 0.15) is 0 Å². The number of carbonyl (C=O) groups is 1. The van der Waals surface area contributed by atoms with Crippen molar-refractivity contribution in [1.29, 1.82) is 0 Å². The van der Waals surface area contributed by atoms with Gasteiger partial charge in [0.15, 0.2) is 0 Å². The van der Waals surface area contributed by atoms with Gasteiger partial charge < -0.3 is 15.0 Å². The van der Waals surface area contributed by atoms with Crippen LogP contribution in [-0.4, -0.2) is 23.0 Å². The Morgan fingerprint density at radius 3 is 2.94 bits per heavy atom. The Bertz CT molecular complexity index is 535. The lowest BCUT2D eigenvalue weighted by molar-refractivity contribution is 0.0600. The van der Waals surface area contributed by atoms with Crippen LogP contribution in [0.5, 0.6) is 0 Å². The average Bonchev–Trinajstić information content (AvgIpc) is 2.89. The molecule has 2 aromatic rings. The van der Waals surface area contributed by atoms with Crippen molar-refractivity contribution < 1.29 is 9.53 Å². The summed E-state index contributed by atoms with van der Waals surface area (Å²) in [6.07, 6.45) is 3.41. The van der Waals surface area contributed by atoms with Crippen LogP contribution in [0.25, 0.3) is 0 Å². The first-order valence-electron chi connectivity index (χ1n) is 5.61. The van der Waals surface area contributed by atoms with E-state index in [4.69, 9.17) is 0 Å². The molecular weight excluding hydrogens is 230 g/mol. The second kappa shape index (κ2) is 5.35. The van der Waals surface area contributed by atoms with Gasteiger partial charge in [-0.15, -0.1) is 0 Å². The highest BCUT2D eigenvalue weighted by atomic mass is 16.5. The summed E-state index contributed by atoms with van der Waals surface area (Å²) in [5.41, 5.74) is 3.54.